The first kappa shape index (κ1) is 12.9. The Balaban J connectivity index is 2.52. The lowest BCUT2D eigenvalue weighted by Gasteiger charge is -2.19. The van der Waals surface area contributed by atoms with Crippen molar-refractivity contribution in [2.45, 2.75) is 46.0 Å². The lowest BCUT2D eigenvalue weighted by Crippen LogP contribution is -2.14. The molecule has 0 aliphatic rings. The Morgan fingerprint density at radius 3 is 2.33 bits per heavy atom. The van der Waals surface area contributed by atoms with Crippen LogP contribution in [0.1, 0.15) is 45.4 Å². The normalized spacial score (nSPS) is 11.8. The van der Waals surface area contributed by atoms with E-state index in [0.29, 0.717) is 0 Å². The third-order valence-electron chi connectivity index (χ3n) is 3.16. The van der Waals surface area contributed by atoms with Crippen LogP contribution >= 0.6 is 0 Å². The standard InChI is InChI=1S/C16H22N2/c1-5-9-15-14(16(2,3)4)12-17-18(15)13-10-7-6-8-11-13/h6-8,10-12H,5,9H2,1-4H3. The Labute approximate surface area is 110 Å². The lowest BCUT2D eigenvalue weighted by atomic mass is 9.86. The van der Waals surface area contributed by atoms with Crippen LogP contribution in [0.4, 0.5) is 0 Å². The molecule has 1 aromatic carbocycles. The van der Waals surface area contributed by atoms with Gasteiger partial charge < -0.3 is 0 Å². The maximum absolute atomic E-state index is 4.59. The first-order valence-corrected chi connectivity index (χ1v) is 6.67. The summed E-state index contributed by atoms with van der Waals surface area (Å²) >= 11 is 0. The molecule has 1 heterocycles. The van der Waals surface area contributed by atoms with Gasteiger partial charge in [0.2, 0.25) is 0 Å². The number of benzene rings is 1. The van der Waals surface area contributed by atoms with Gasteiger partial charge in [-0.2, -0.15) is 5.10 Å². The Morgan fingerprint density at radius 1 is 1.11 bits per heavy atom. The summed E-state index contributed by atoms with van der Waals surface area (Å²) in [4.78, 5) is 0. The van der Waals surface area contributed by atoms with E-state index < -0.39 is 0 Å². The highest BCUT2D eigenvalue weighted by molar-refractivity contribution is 5.37. The number of rotatable bonds is 3. The Morgan fingerprint density at radius 2 is 1.78 bits per heavy atom. The highest BCUT2D eigenvalue weighted by Crippen LogP contribution is 2.28. The summed E-state index contributed by atoms with van der Waals surface area (Å²) in [7, 11) is 0. The van der Waals surface area contributed by atoms with Crippen LogP contribution < -0.4 is 0 Å². The van der Waals surface area contributed by atoms with Gasteiger partial charge in [0, 0.05) is 5.69 Å². The van der Waals surface area contributed by atoms with Gasteiger partial charge in [0.15, 0.2) is 0 Å². The van der Waals surface area contributed by atoms with Crippen LogP contribution in [0.5, 0.6) is 0 Å². The summed E-state index contributed by atoms with van der Waals surface area (Å²) in [5.41, 5.74) is 4.00. The average molecular weight is 242 g/mol. The number of para-hydroxylation sites is 1. The molecule has 0 amide bonds. The maximum Gasteiger partial charge on any atom is 0.0648 e. The van der Waals surface area contributed by atoms with E-state index in [-0.39, 0.29) is 5.41 Å². The SMILES string of the molecule is CCCc1c(C(C)(C)C)cnn1-c1ccccc1. The van der Waals surface area contributed by atoms with Crippen molar-refractivity contribution >= 4 is 0 Å². The second-order valence-electron chi connectivity index (χ2n) is 5.75. The van der Waals surface area contributed by atoms with Crippen molar-refractivity contribution in [3.8, 4) is 5.69 Å². The van der Waals surface area contributed by atoms with Crippen LogP contribution in [0.2, 0.25) is 0 Å². The fourth-order valence-corrected chi connectivity index (χ4v) is 2.27. The minimum Gasteiger partial charge on any atom is -0.238 e. The number of aromatic nitrogens is 2. The predicted molar refractivity (Wildman–Crippen MR) is 76.3 cm³/mol. The second kappa shape index (κ2) is 4.97. The zero-order valence-electron chi connectivity index (χ0n) is 11.8. The molecule has 0 bridgehead atoms. The molecule has 0 aliphatic carbocycles. The average Bonchev–Trinajstić information content (AvgIpc) is 2.74. The van der Waals surface area contributed by atoms with E-state index in [4.69, 9.17) is 0 Å². The van der Waals surface area contributed by atoms with Crippen LogP contribution in [-0.4, -0.2) is 9.78 Å². The van der Waals surface area contributed by atoms with Crippen molar-refractivity contribution in [3.63, 3.8) is 0 Å². The molecule has 2 nitrogen and oxygen atoms in total. The fraction of sp³-hybridized carbons (Fsp3) is 0.438. The summed E-state index contributed by atoms with van der Waals surface area (Å²) < 4.78 is 2.09. The molecular weight excluding hydrogens is 220 g/mol. The summed E-state index contributed by atoms with van der Waals surface area (Å²) in [5.74, 6) is 0. The fourth-order valence-electron chi connectivity index (χ4n) is 2.27. The van der Waals surface area contributed by atoms with Gasteiger partial charge in [0.25, 0.3) is 0 Å². The van der Waals surface area contributed by atoms with Crippen molar-refractivity contribution in [1.82, 2.24) is 9.78 Å². The molecule has 1 aromatic heterocycles. The number of hydrogen-bond donors (Lipinski definition) is 0. The van der Waals surface area contributed by atoms with E-state index >= 15 is 0 Å². The molecule has 0 saturated carbocycles. The van der Waals surface area contributed by atoms with Crippen molar-refractivity contribution < 1.29 is 0 Å². The Hall–Kier alpha value is -1.57. The molecule has 0 N–H and O–H groups in total. The molecule has 18 heavy (non-hydrogen) atoms. The van der Waals surface area contributed by atoms with Crippen LogP contribution in [0, 0.1) is 0 Å². The molecule has 0 radical (unpaired) electrons. The zero-order valence-corrected chi connectivity index (χ0v) is 11.8. The molecule has 2 aromatic rings. The highest BCUT2D eigenvalue weighted by Gasteiger charge is 2.22. The third-order valence-corrected chi connectivity index (χ3v) is 3.16. The lowest BCUT2D eigenvalue weighted by molar-refractivity contribution is 0.579. The van der Waals surface area contributed by atoms with E-state index in [2.05, 4.69) is 61.7 Å². The smallest absolute Gasteiger partial charge is 0.0648 e. The first-order chi connectivity index (χ1) is 8.54. The maximum atomic E-state index is 4.59. The van der Waals surface area contributed by atoms with E-state index in [0.717, 1.165) is 18.5 Å². The van der Waals surface area contributed by atoms with Gasteiger partial charge in [-0.1, -0.05) is 52.3 Å². The molecular formula is C16H22N2. The van der Waals surface area contributed by atoms with E-state index in [1.165, 1.54) is 11.3 Å². The minimum atomic E-state index is 0.150. The van der Waals surface area contributed by atoms with Crippen molar-refractivity contribution in [2.75, 3.05) is 0 Å². The monoisotopic (exact) mass is 242 g/mol. The van der Waals surface area contributed by atoms with E-state index in [1.54, 1.807) is 0 Å². The van der Waals surface area contributed by atoms with Crippen LogP contribution in [0.25, 0.3) is 5.69 Å². The van der Waals surface area contributed by atoms with Crippen LogP contribution in [0.15, 0.2) is 36.5 Å². The van der Waals surface area contributed by atoms with Gasteiger partial charge >= 0.3 is 0 Å². The van der Waals surface area contributed by atoms with Gasteiger partial charge in [-0.3, -0.25) is 0 Å². The molecule has 96 valence electrons. The predicted octanol–water partition coefficient (Wildman–Crippen LogP) is 4.12. The molecule has 2 rings (SSSR count). The van der Waals surface area contributed by atoms with E-state index in [9.17, 15) is 0 Å². The van der Waals surface area contributed by atoms with Gasteiger partial charge in [0.1, 0.15) is 0 Å². The number of hydrogen-bond acceptors (Lipinski definition) is 1. The molecule has 0 saturated heterocycles. The van der Waals surface area contributed by atoms with E-state index in [1.807, 2.05) is 12.3 Å². The van der Waals surface area contributed by atoms with Crippen molar-refractivity contribution in [3.05, 3.63) is 47.8 Å². The third kappa shape index (κ3) is 2.47. The Bertz CT molecular complexity index is 504. The first-order valence-electron chi connectivity index (χ1n) is 6.67. The molecule has 0 unspecified atom stereocenters. The summed E-state index contributed by atoms with van der Waals surface area (Å²) in [5, 5.41) is 4.59. The molecule has 0 aliphatic heterocycles. The quantitative estimate of drug-likeness (QED) is 0.791. The molecule has 2 heteroatoms. The molecule has 0 spiro atoms. The summed E-state index contributed by atoms with van der Waals surface area (Å²) in [6, 6.07) is 10.4. The van der Waals surface area contributed by atoms with Crippen LogP contribution in [0.3, 0.4) is 0 Å². The van der Waals surface area contributed by atoms with Crippen molar-refractivity contribution in [1.29, 1.82) is 0 Å². The highest BCUT2D eigenvalue weighted by atomic mass is 15.3. The van der Waals surface area contributed by atoms with Gasteiger partial charge in [-0.15, -0.1) is 0 Å². The molecule has 0 fully saturated rings. The summed E-state index contributed by atoms with van der Waals surface area (Å²) in [6.45, 7) is 8.96. The van der Waals surface area contributed by atoms with Gasteiger partial charge in [-0.25, -0.2) is 4.68 Å². The van der Waals surface area contributed by atoms with Gasteiger partial charge in [-0.05, 0) is 29.5 Å². The van der Waals surface area contributed by atoms with Gasteiger partial charge in [0.05, 0.1) is 11.9 Å². The largest absolute Gasteiger partial charge is 0.238 e. The van der Waals surface area contributed by atoms with Crippen molar-refractivity contribution in [2.24, 2.45) is 0 Å². The number of nitrogens with zero attached hydrogens (tertiary/aromatic N) is 2. The Kier molecular flexibility index (Phi) is 3.55. The second-order valence-corrected chi connectivity index (χ2v) is 5.75. The molecule has 0 atom stereocenters. The topological polar surface area (TPSA) is 17.8 Å². The zero-order chi connectivity index (χ0) is 13.2. The minimum absolute atomic E-state index is 0.150. The van der Waals surface area contributed by atoms with Crippen LogP contribution in [-0.2, 0) is 11.8 Å². The summed E-state index contributed by atoms with van der Waals surface area (Å²) in [6.07, 6.45) is 4.24.